The lowest BCUT2D eigenvalue weighted by atomic mass is 10.1. The Balaban J connectivity index is 2.63. The Kier molecular flexibility index (Phi) is 7.15. The molecule has 1 N–H and O–H groups in total. The van der Waals surface area contributed by atoms with Gasteiger partial charge in [0.15, 0.2) is 5.82 Å². The van der Waals surface area contributed by atoms with Gasteiger partial charge in [0.2, 0.25) is 5.95 Å². The Bertz CT molecular complexity index is 347. The molecule has 0 unspecified atom stereocenters. The highest BCUT2D eigenvalue weighted by atomic mass is 15.3. The van der Waals surface area contributed by atoms with Crippen LogP contribution in [0, 0.1) is 5.92 Å². The SMILES string of the molecule is CCCN(CCC)c1cnnc(NCCC(C)C)n1. The molecule has 1 rings (SSSR count). The second-order valence-electron chi connectivity index (χ2n) is 5.23. The summed E-state index contributed by atoms with van der Waals surface area (Å²) >= 11 is 0. The number of rotatable bonds is 9. The molecule has 5 heteroatoms. The number of nitrogens with one attached hydrogen (secondary N) is 1. The van der Waals surface area contributed by atoms with Crippen molar-refractivity contribution in [3.8, 4) is 0 Å². The highest BCUT2D eigenvalue weighted by Crippen LogP contribution is 2.12. The average molecular weight is 265 g/mol. The minimum absolute atomic E-state index is 0.635. The van der Waals surface area contributed by atoms with Crippen LogP contribution in [-0.2, 0) is 0 Å². The third kappa shape index (κ3) is 5.85. The van der Waals surface area contributed by atoms with Gasteiger partial charge in [-0.1, -0.05) is 27.7 Å². The smallest absolute Gasteiger partial charge is 0.244 e. The van der Waals surface area contributed by atoms with Gasteiger partial charge in [-0.25, -0.2) is 0 Å². The Morgan fingerprint density at radius 1 is 1.21 bits per heavy atom. The van der Waals surface area contributed by atoms with Crippen LogP contribution in [-0.4, -0.2) is 34.8 Å². The molecule has 0 amide bonds. The maximum atomic E-state index is 4.55. The molecule has 1 aromatic heterocycles. The van der Waals surface area contributed by atoms with Crippen LogP contribution in [0.5, 0.6) is 0 Å². The third-order valence-electron chi connectivity index (χ3n) is 2.86. The Labute approximate surface area is 116 Å². The maximum Gasteiger partial charge on any atom is 0.244 e. The first-order valence-electron chi connectivity index (χ1n) is 7.35. The summed E-state index contributed by atoms with van der Waals surface area (Å²) in [5, 5.41) is 11.3. The van der Waals surface area contributed by atoms with Gasteiger partial charge in [0.25, 0.3) is 0 Å². The quantitative estimate of drug-likeness (QED) is 0.744. The third-order valence-corrected chi connectivity index (χ3v) is 2.86. The largest absolute Gasteiger partial charge is 0.355 e. The van der Waals surface area contributed by atoms with Gasteiger partial charge >= 0.3 is 0 Å². The Hall–Kier alpha value is -1.39. The molecule has 0 radical (unpaired) electrons. The Morgan fingerprint density at radius 3 is 2.47 bits per heavy atom. The number of hydrogen-bond donors (Lipinski definition) is 1. The van der Waals surface area contributed by atoms with E-state index in [1.807, 2.05) is 0 Å². The Morgan fingerprint density at radius 2 is 1.89 bits per heavy atom. The summed E-state index contributed by atoms with van der Waals surface area (Å²) in [6, 6.07) is 0. The number of hydrogen-bond acceptors (Lipinski definition) is 5. The first-order valence-corrected chi connectivity index (χ1v) is 7.35. The molecular formula is C14H27N5. The van der Waals surface area contributed by atoms with Crippen molar-refractivity contribution in [2.45, 2.75) is 47.0 Å². The van der Waals surface area contributed by atoms with Crippen molar-refractivity contribution in [2.24, 2.45) is 5.92 Å². The van der Waals surface area contributed by atoms with Gasteiger partial charge in [-0.2, -0.15) is 10.1 Å². The molecule has 108 valence electrons. The minimum Gasteiger partial charge on any atom is -0.355 e. The summed E-state index contributed by atoms with van der Waals surface area (Å²) in [5.74, 6) is 2.24. The molecule has 19 heavy (non-hydrogen) atoms. The summed E-state index contributed by atoms with van der Waals surface area (Å²) < 4.78 is 0. The van der Waals surface area contributed by atoms with Crippen LogP contribution in [0.25, 0.3) is 0 Å². The fourth-order valence-electron chi connectivity index (χ4n) is 1.88. The molecular weight excluding hydrogens is 238 g/mol. The van der Waals surface area contributed by atoms with Crippen LogP contribution in [0.1, 0.15) is 47.0 Å². The van der Waals surface area contributed by atoms with Gasteiger partial charge in [0.1, 0.15) is 0 Å². The van der Waals surface area contributed by atoms with E-state index in [9.17, 15) is 0 Å². The molecule has 0 aliphatic rings. The molecule has 0 fully saturated rings. The number of aromatic nitrogens is 3. The highest BCUT2D eigenvalue weighted by molar-refractivity contribution is 5.40. The molecule has 5 nitrogen and oxygen atoms in total. The maximum absolute atomic E-state index is 4.55. The van der Waals surface area contributed by atoms with Crippen molar-refractivity contribution in [1.29, 1.82) is 0 Å². The van der Waals surface area contributed by atoms with Crippen LogP contribution in [0.2, 0.25) is 0 Å². The van der Waals surface area contributed by atoms with Gasteiger partial charge in [0.05, 0.1) is 6.20 Å². The molecule has 0 saturated heterocycles. The van der Waals surface area contributed by atoms with Crippen LogP contribution < -0.4 is 10.2 Å². The molecule has 1 aromatic rings. The lowest BCUT2D eigenvalue weighted by Gasteiger charge is -2.22. The fourth-order valence-corrected chi connectivity index (χ4v) is 1.88. The van der Waals surface area contributed by atoms with E-state index >= 15 is 0 Å². The lowest BCUT2D eigenvalue weighted by molar-refractivity contribution is 0.605. The standard InChI is InChI=1S/C14H27N5/c1-5-9-19(10-6-2)13-11-16-18-14(17-13)15-8-7-12(3)4/h11-12H,5-10H2,1-4H3,(H,15,17,18). The van der Waals surface area contributed by atoms with Crippen molar-refractivity contribution in [3.63, 3.8) is 0 Å². The zero-order chi connectivity index (χ0) is 14.1. The van der Waals surface area contributed by atoms with Crippen LogP contribution in [0.4, 0.5) is 11.8 Å². The molecule has 0 aliphatic heterocycles. The topological polar surface area (TPSA) is 53.9 Å². The normalized spacial score (nSPS) is 10.8. The fraction of sp³-hybridized carbons (Fsp3) is 0.786. The monoisotopic (exact) mass is 265 g/mol. The van der Waals surface area contributed by atoms with Crippen molar-refractivity contribution < 1.29 is 0 Å². The van der Waals surface area contributed by atoms with E-state index in [1.54, 1.807) is 6.20 Å². The van der Waals surface area contributed by atoms with Gasteiger partial charge in [-0.05, 0) is 25.2 Å². The molecule has 0 bridgehead atoms. The van der Waals surface area contributed by atoms with E-state index in [-0.39, 0.29) is 0 Å². The van der Waals surface area contributed by atoms with Crippen molar-refractivity contribution >= 4 is 11.8 Å². The average Bonchev–Trinajstić information content (AvgIpc) is 2.38. The summed E-state index contributed by atoms with van der Waals surface area (Å²) in [5.41, 5.74) is 0. The van der Waals surface area contributed by atoms with Gasteiger partial charge in [-0.3, -0.25) is 0 Å². The second kappa shape index (κ2) is 8.67. The molecule has 1 heterocycles. The van der Waals surface area contributed by atoms with Crippen molar-refractivity contribution in [2.75, 3.05) is 29.9 Å². The van der Waals surface area contributed by atoms with E-state index < -0.39 is 0 Å². The van der Waals surface area contributed by atoms with Crippen LogP contribution in [0.3, 0.4) is 0 Å². The summed E-state index contributed by atoms with van der Waals surface area (Å²) in [4.78, 5) is 6.81. The summed E-state index contributed by atoms with van der Waals surface area (Å²) in [7, 11) is 0. The minimum atomic E-state index is 0.635. The molecule has 0 aliphatic carbocycles. The lowest BCUT2D eigenvalue weighted by Crippen LogP contribution is -2.26. The zero-order valence-electron chi connectivity index (χ0n) is 12.7. The second-order valence-corrected chi connectivity index (χ2v) is 5.23. The van der Waals surface area contributed by atoms with Gasteiger partial charge in [0, 0.05) is 19.6 Å². The van der Waals surface area contributed by atoms with Gasteiger partial charge in [-0.15, -0.1) is 5.10 Å². The number of nitrogens with zero attached hydrogens (tertiary/aromatic N) is 4. The van der Waals surface area contributed by atoms with E-state index in [2.05, 4.69) is 53.1 Å². The first kappa shape index (κ1) is 15.7. The summed E-state index contributed by atoms with van der Waals surface area (Å²) in [6.07, 6.45) is 5.08. The van der Waals surface area contributed by atoms with Crippen LogP contribution in [0.15, 0.2) is 6.20 Å². The predicted molar refractivity (Wildman–Crippen MR) is 80.6 cm³/mol. The summed E-state index contributed by atoms with van der Waals surface area (Å²) in [6.45, 7) is 11.7. The van der Waals surface area contributed by atoms with E-state index in [0.29, 0.717) is 11.9 Å². The predicted octanol–water partition coefficient (Wildman–Crippen LogP) is 2.96. The first-order chi connectivity index (χ1) is 9.17. The van der Waals surface area contributed by atoms with Crippen molar-refractivity contribution in [3.05, 3.63) is 6.20 Å². The van der Waals surface area contributed by atoms with E-state index in [1.165, 1.54) is 0 Å². The number of anilines is 2. The van der Waals surface area contributed by atoms with Crippen molar-refractivity contribution in [1.82, 2.24) is 15.2 Å². The zero-order valence-corrected chi connectivity index (χ0v) is 12.7. The molecule has 0 saturated carbocycles. The van der Waals surface area contributed by atoms with E-state index in [4.69, 9.17) is 0 Å². The van der Waals surface area contributed by atoms with Gasteiger partial charge < -0.3 is 10.2 Å². The molecule has 0 spiro atoms. The molecule has 0 aromatic carbocycles. The van der Waals surface area contributed by atoms with E-state index in [0.717, 1.165) is 44.7 Å². The van der Waals surface area contributed by atoms with Crippen LogP contribution >= 0.6 is 0 Å². The highest BCUT2D eigenvalue weighted by Gasteiger charge is 2.08. The molecule has 0 atom stereocenters.